The SMILES string of the molecule is NC(c1cccc(Cl)c1)c1ncc(Cl)cc1Cl. The van der Waals surface area contributed by atoms with Crippen LogP contribution in [0.15, 0.2) is 36.5 Å². The first-order chi connectivity index (χ1) is 8.08. The molecule has 1 aromatic heterocycles. The molecule has 0 aliphatic heterocycles. The third-order valence-electron chi connectivity index (χ3n) is 2.34. The summed E-state index contributed by atoms with van der Waals surface area (Å²) >= 11 is 17.7. The normalized spacial score (nSPS) is 12.5. The maximum atomic E-state index is 6.09. The summed E-state index contributed by atoms with van der Waals surface area (Å²) in [4.78, 5) is 4.15. The van der Waals surface area contributed by atoms with Crippen LogP contribution >= 0.6 is 34.8 Å². The van der Waals surface area contributed by atoms with Gasteiger partial charge in [-0.3, -0.25) is 4.98 Å². The molecular formula is C12H9Cl3N2. The number of rotatable bonds is 2. The summed E-state index contributed by atoms with van der Waals surface area (Å²) in [6, 6.07) is 8.49. The summed E-state index contributed by atoms with van der Waals surface area (Å²) in [5.74, 6) is 0. The second-order valence-electron chi connectivity index (χ2n) is 3.55. The van der Waals surface area contributed by atoms with Crippen LogP contribution in [0.5, 0.6) is 0 Å². The van der Waals surface area contributed by atoms with E-state index >= 15 is 0 Å². The molecule has 0 bridgehead atoms. The average Bonchev–Trinajstić information content (AvgIpc) is 2.28. The number of halogens is 3. The predicted molar refractivity (Wildman–Crippen MR) is 71.7 cm³/mol. The van der Waals surface area contributed by atoms with E-state index in [2.05, 4.69) is 4.98 Å². The zero-order valence-corrected chi connectivity index (χ0v) is 11.0. The molecule has 0 fully saturated rings. The van der Waals surface area contributed by atoms with Crippen LogP contribution in [-0.2, 0) is 0 Å². The topological polar surface area (TPSA) is 38.9 Å². The van der Waals surface area contributed by atoms with Crippen LogP contribution in [0.2, 0.25) is 15.1 Å². The summed E-state index contributed by atoms with van der Waals surface area (Å²) in [6.07, 6.45) is 1.52. The molecule has 17 heavy (non-hydrogen) atoms. The Labute approximate surface area is 114 Å². The van der Waals surface area contributed by atoms with Crippen molar-refractivity contribution in [1.82, 2.24) is 4.98 Å². The molecule has 2 aromatic rings. The van der Waals surface area contributed by atoms with Crippen molar-refractivity contribution in [3.8, 4) is 0 Å². The maximum Gasteiger partial charge on any atom is 0.0803 e. The minimum absolute atomic E-state index is 0.418. The van der Waals surface area contributed by atoms with Gasteiger partial charge in [-0.25, -0.2) is 0 Å². The van der Waals surface area contributed by atoms with E-state index in [1.165, 1.54) is 6.20 Å². The Bertz CT molecular complexity index is 543. The van der Waals surface area contributed by atoms with E-state index in [1.807, 2.05) is 12.1 Å². The first-order valence-corrected chi connectivity index (χ1v) is 6.03. The molecule has 2 rings (SSSR count). The van der Waals surface area contributed by atoms with Crippen LogP contribution in [0.1, 0.15) is 17.3 Å². The quantitative estimate of drug-likeness (QED) is 0.903. The molecule has 0 aliphatic carbocycles. The molecule has 0 amide bonds. The molecule has 0 saturated carbocycles. The zero-order valence-electron chi connectivity index (χ0n) is 8.70. The van der Waals surface area contributed by atoms with Crippen LogP contribution in [0.3, 0.4) is 0 Å². The number of hydrogen-bond acceptors (Lipinski definition) is 2. The molecule has 1 atom stereocenters. The lowest BCUT2D eigenvalue weighted by Gasteiger charge is -2.13. The first-order valence-electron chi connectivity index (χ1n) is 4.90. The average molecular weight is 288 g/mol. The Hall–Kier alpha value is -0.800. The van der Waals surface area contributed by atoms with Gasteiger partial charge in [0.05, 0.1) is 21.8 Å². The van der Waals surface area contributed by atoms with Gasteiger partial charge < -0.3 is 5.73 Å². The van der Waals surface area contributed by atoms with E-state index in [0.717, 1.165) is 5.56 Å². The van der Waals surface area contributed by atoms with Crippen molar-refractivity contribution in [3.05, 3.63) is 62.9 Å². The third kappa shape index (κ3) is 2.90. The van der Waals surface area contributed by atoms with Crippen LogP contribution < -0.4 is 5.73 Å². The van der Waals surface area contributed by atoms with Gasteiger partial charge in [0.2, 0.25) is 0 Å². The lowest BCUT2D eigenvalue weighted by Crippen LogP contribution is -2.14. The summed E-state index contributed by atoms with van der Waals surface area (Å²) in [6.45, 7) is 0. The molecule has 0 spiro atoms. The molecule has 0 aliphatic rings. The number of nitrogens with two attached hydrogens (primary N) is 1. The Balaban J connectivity index is 2.40. The van der Waals surface area contributed by atoms with Crippen molar-refractivity contribution in [3.63, 3.8) is 0 Å². The fourth-order valence-corrected chi connectivity index (χ4v) is 2.21. The second kappa shape index (κ2) is 5.23. The van der Waals surface area contributed by atoms with Gasteiger partial charge in [0.15, 0.2) is 0 Å². The monoisotopic (exact) mass is 286 g/mol. The number of aromatic nitrogens is 1. The van der Waals surface area contributed by atoms with Gasteiger partial charge in [-0.1, -0.05) is 46.9 Å². The lowest BCUT2D eigenvalue weighted by atomic mass is 10.0. The van der Waals surface area contributed by atoms with Crippen molar-refractivity contribution in [2.75, 3.05) is 0 Å². The van der Waals surface area contributed by atoms with Gasteiger partial charge in [-0.05, 0) is 23.8 Å². The zero-order chi connectivity index (χ0) is 12.4. The number of hydrogen-bond donors (Lipinski definition) is 1. The Morgan fingerprint density at radius 2 is 1.82 bits per heavy atom. The fourth-order valence-electron chi connectivity index (χ4n) is 1.51. The van der Waals surface area contributed by atoms with Crippen molar-refractivity contribution < 1.29 is 0 Å². The first kappa shape index (κ1) is 12.7. The number of pyridine rings is 1. The standard InChI is InChI=1S/C12H9Cl3N2/c13-8-3-1-2-7(4-8)11(16)12-10(15)5-9(14)6-17-12/h1-6,11H,16H2. The highest BCUT2D eigenvalue weighted by atomic mass is 35.5. The molecule has 1 aromatic carbocycles. The molecule has 0 saturated heterocycles. The molecule has 1 heterocycles. The van der Waals surface area contributed by atoms with E-state index in [9.17, 15) is 0 Å². The third-order valence-corrected chi connectivity index (χ3v) is 3.08. The van der Waals surface area contributed by atoms with Crippen LogP contribution in [0, 0.1) is 0 Å². The highest BCUT2D eigenvalue weighted by Gasteiger charge is 2.14. The van der Waals surface area contributed by atoms with Gasteiger partial charge in [-0.2, -0.15) is 0 Å². The van der Waals surface area contributed by atoms with E-state index in [-0.39, 0.29) is 0 Å². The second-order valence-corrected chi connectivity index (χ2v) is 4.83. The van der Waals surface area contributed by atoms with Gasteiger partial charge >= 0.3 is 0 Å². The number of nitrogens with zero attached hydrogens (tertiary/aromatic N) is 1. The van der Waals surface area contributed by atoms with Crippen LogP contribution in [0.25, 0.3) is 0 Å². The summed E-state index contributed by atoms with van der Waals surface area (Å²) < 4.78 is 0. The van der Waals surface area contributed by atoms with Crippen molar-refractivity contribution in [1.29, 1.82) is 0 Å². The molecule has 88 valence electrons. The summed E-state index contributed by atoms with van der Waals surface area (Å²) in [5, 5.41) is 1.56. The van der Waals surface area contributed by atoms with Crippen molar-refractivity contribution in [2.45, 2.75) is 6.04 Å². The molecule has 2 nitrogen and oxygen atoms in total. The smallest absolute Gasteiger partial charge is 0.0803 e. The molecule has 0 radical (unpaired) electrons. The Morgan fingerprint density at radius 1 is 1.06 bits per heavy atom. The van der Waals surface area contributed by atoms with Gasteiger partial charge in [0.1, 0.15) is 0 Å². The van der Waals surface area contributed by atoms with Gasteiger partial charge in [-0.15, -0.1) is 0 Å². The van der Waals surface area contributed by atoms with Crippen LogP contribution in [0.4, 0.5) is 0 Å². The van der Waals surface area contributed by atoms with Crippen molar-refractivity contribution in [2.24, 2.45) is 5.73 Å². The minimum atomic E-state index is -0.418. The number of benzene rings is 1. The molecule has 2 N–H and O–H groups in total. The molecular weight excluding hydrogens is 279 g/mol. The summed E-state index contributed by atoms with van der Waals surface area (Å²) in [7, 11) is 0. The molecule has 1 unspecified atom stereocenters. The van der Waals surface area contributed by atoms with E-state index in [1.54, 1.807) is 18.2 Å². The summed E-state index contributed by atoms with van der Waals surface area (Å²) in [5.41, 5.74) is 7.52. The Morgan fingerprint density at radius 3 is 2.47 bits per heavy atom. The lowest BCUT2D eigenvalue weighted by molar-refractivity contribution is 0.829. The largest absolute Gasteiger partial charge is 0.319 e. The Kier molecular flexibility index (Phi) is 3.89. The van der Waals surface area contributed by atoms with Crippen LogP contribution in [-0.4, -0.2) is 4.98 Å². The molecule has 5 heteroatoms. The van der Waals surface area contributed by atoms with E-state index in [0.29, 0.717) is 20.8 Å². The fraction of sp³-hybridized carbons (Fsp3) is 0.0833. The highest BCUT2D eigenvalue weighted by molar-refractivity contribution is 6.34. The van der Waals surface area contributed by atoms with E-state index < -0.39 is 6.04 Å². The predicted octanol–water partition coefficient (Wildman–Crippen LogP) is 4.09. The van der Waals surface area contributed by atoms with Gasteiger partial charge in [0.25, 0.3) is 0 Å². The maximum absolute atomic E-state index is 6.09. The van der Waals surface area contributed by atoms with Gasteiger partial charge in [0, 0.05) is 11.2 Å². The van der Waals surface area contributed by atoms with E-state index in [4.69, 9.17) is 40.5 Å². The minimum Gasteiger partial charge on any atom is -0.319 e. The highest BCUT2D eigenvalue weighted by Crippen LogP contribution is 2.27. The van der Waals surface area contributed by atoms with Crippen molar-refractivity contribution >= 4 is 34.8 Å².